The molecule has 1 saturated carbocycles. The fraction of sp³-hybridized carbons (Fsp3) is 0.917. The number of aliphatic carboxylic acids is 1. The van der Waals surface area contributed by atoms with Gasteiger partial charge in [0, 0.05) is 7.11 Å². The van der Waals surface area contributed by atoms with Gasteiger partial charge in [0.15, 0.2) is 0 Å². The number of ether oxygens (including phenoxy) is 1. The van der Waals surface area contributed by atoms with Crippen LogP contribution in [0.5, 0.6) is 0 Å². The number of carboxylic acid groups (broad SMARTS) is 1. The van der Waals surface area contributed by atoms with Gasteiger partial charge < -0.3 is 14.9 Å². The third kappa shape index (κ3) is 2.09. The molecule has 0 heterocycles. The molecule has 0 aromatic heterocycles. The van der Waals surface area contributed by atoms with Gasteiger partial charge in [0.1, 0.15) is 5.41 Å². The zero-order chi connectivity index (χ0) is 12.6. The summed E-state index contributed by atoms with van der Waals surface area (Å²) in [5.74, 6) is -0.991. The van der Waals surface area contributed by atoms with Crippen LogP contribution in [0.4, 0.5) is 0 Å². The van der Waals surface area contributed by atoms with Crippen molar-refractivity contribution < 1.29 is 19.7 Å². The molecular weight excluding hydrogens is 208 g/mol. The molecule has 0 bridgehead atoms. The molecule has 1 fully saturated rings. The molecule has 1 aliphatic rings. The summed E-state index contributed by atoms with van der Waals surface area (Å²) >= 11 is 0. The molecule has 16 heavy (non-hydrogen) atoms. The Hall–Kier alpha value is -0.610. The van der Waals surface area contributed by atoms with E-state index >= 15 is 0 Å². The zero-order valence-electron chi connectivity index (χ0n) is 10.5. The van der Waals surface area contributed by atoms with Gasteiger partial charge in [-0.05, 0) is 31.6 Å². The molecule has 0 spiro atoms. The third-order valence-electron chi connectivity index (χ3n) is 3.92. The van der Waals surface area contributed by atoms with Crippen LogP contribution in [-0.4, -0.2) is 35.5 Å². The number of hydrogen-bond acceptors (Lipinski definition) is 3. The van der Waals surface area contributed by atoms with Gasteiger partial charge in [-0.1, -0.05) is 13.8 Å². The summed E-state index contributed by atoms with van der Waals surface area (Å²) < 4.78 is 4.97. The van der Waals surface area contributed by atoms with Gasteiger partial charge in [-0.15, -0.1) is 0 Å². The van der Waals surface area contributed by atoms with Crippen LogP contribution in [0.15, 0.2) is 0 Å². The first-order chi connectivity index (χ1) is 7.17. The van der Waals surface area contributed by atoms with E-state index in [2.05, 4.69) is 13.8 Å². The minimum Gasteiger partial charge on any atom is -0.481 e. The molecular formula is C12H22O4. The first-order valence-electron chi connectivity index (χ1n) is 5.62. The smallest absolute Gasteiger partial charge is 0.314 e. The van der Waals surface area contributed by atoms with Crippen molar-refractivity contribution in [1.82, 2.24) is 0 Å². The van der Waals surface area contributed by atoms with Crippen molar-refractivity contribution in [1.29, 1.82) is 0 Å². The maximum atomic E-state index is 11.4. The Labute approximate surface area is 96.6 Å². The van der Waals surface area contributed by atoms with Crippen LogP contribution >= 0.6 is 0 Å². The zero-order valence-corrected chi connectivity index (χ0v) is 10.5. The van der Waals surface area contributed by atoms with Crippen LogP contribution < -0.4 is 0 Å². The molecule has 0 saturated heterocycles. The molecule has 1 rings (SSSR count). The van der Waals surface area contributed by atoms with Gasteiger partial charge in [-0.2, -0.15) is 0 Å². The molecule has 0 aliphatic heterocycles. The maximum absolute atomic E-state index is 11.4. The highest BCUT2D eigenvalue weighted by molar-refractivity contribution is 5.76. The summed E-state index contributed by atoms with van der Waals surface area (Å²) in [6, 6.07) is 0. The van der Waals surface area contributed by atoms with E-state index in [9.17, 15) is 15.0 Å². The highest BCUT2D eigenvalue weighted by Gasteiger charge is 2.57. The molecule has 4 heteroatoms. The highest BCUT2D eigenvalue weighted by atomic mass is 16.5. The number of hydrogen-bond donors (Lipinski definition) is 2. The van der Waals surface area contributed by atoms with E-state index in [-0.39, 0.29) is 12.0 Å². The lowest BCUT2D eigenvalue weighted by molar-refractivity contribution is -0.175. The molecule has 2 atom stereocenters. The van der Waals surface area contributed by atoms with Crippen LogP contribution in [0, 0.1) is 10.8 Å². The summed E-state index contributed by atoms with van der Waals surface area (Å²) in [5, 5.41) is 19.9. The second-order valence-electron chi connectivity index (χ2n) is 5.94. The van der Waals surface area contributed by atoms with E-state index < -0.39 is 17.0 Å². The van der Waals surface area contributed by atoms with Gasteiger partial charge in [-0.25, -0.2) is 0 Å². The largest absolute Gasteiger partial charge is 0.481 e. The van der Waals surface area contributed by atoms with E-state index in [1.165, 1.54) is 7.11 Å². The van der Waals surface area contributed by atoms with Crippen LogP contribution in [0.2, 0.25) is 0 Å². The van der Waals surface area contributed by atoms with Crippen molar-refractivity contribution >= 4 is 5.97 Å². The van der Waals surface area contributed by atoms with E-state index in [4.69, 9.17) is 4.74 Å². The molecule has 94 valence electrons. The Morgan fingerprint density at radius 1 is 1.44 bits per heavy atom. The molecule has 2 N–H and O–H groups in total. The van der Waals surface area contributed by atoms with Gasteiger partial charge in [-0.3, -0.25) is 4.79 Å². The minimum atomic E-state index is -1.23. The van der Waals surface area contributed by atoms with Crippen molar-refractivity contribution in [3.63, 3.8) is 0 Å². The fourth-order valence-electron chi connectivity index (χ4n) is 2.67. The van der Waals surface area contributed by atoms with Gasteiger partial charge in [0.05, 0.1) is 12.2 Å². The predicted octanol–water partition coefficient (Wildman–Crippen LogP) is 1.66. The lowest BCUT2D eigenvalue weighted by Gasteiger charge is -2.39. The number of aliphatic hydroxyl groups is 1. The quantitative estimate of drug-likeness (QED) is 0.771. The molecule has 4 nitrogen and oxygen atoms in total. The van der Waals surface area contributed by atoms with Crippen molar-refractivity contribution in [2.45, 2.75) is 45.6 Å². The molecule has 1 aliphatic carbocycles. The van der Waals surface area contributed by atoms with E-state index in [0.29, 0.717) is 12.8 Å². The van der Waals surface area contributed by atoms with Crippen molar-refractivity contribution in [3.05, 3.63) is 0 Å². The lowest BCUT2D eigenvalue weighted by Crippen LogP contribution is -2.53. The number of methoxy groups -OCH3 is 1. The fourth-order valence-corrected chi connectivity index (χ4v) is 2.67. The summed E-state index contributed by atoms with van der Waals surface area (Å²) in [5.41, 5.74) is -2.40. The van der Waals surface area contributed by atoms with Gasteiger partial charge in [0.2, 0.25) is 0 Å². The Bertz CT molecular complexity index is 287. The first kappa shape index (κ1) is 13.5. The minimum absolute atomic E-state index is 0.000792. The normalized spacial score (nSPS) is 32.3. The number of carbonyl (C=O) groups is 1. The SMILES string of the molecule is COCC(C)(C(=O)O)C1(O)CCC(C)(C)C1. The van der Waals surface area contributed by atoms with Crippen LogP contribution in [0.3, 0.4) is 0 Å². The average molecular weight is 230 g/mol. The van der Waals surface area contributed by atoms with E-state index in [0.717, 1.165) is 6.42 Å². The highest BCUT2D eigenvalue weighted by Crippen LogP contribution is 2.51. The monoisotopic (exact) mass is 230 g/mol. The van der Waals surface area contributed by atoms with Gasteiger partial charge >= 0.3 is 5.97 Å². The molecule has 2 unspecified atom stereocenters. The summed E-state index contributed by atoms with van der Waals surface area (Å²) in [6.07, 6.45) is 1.87. The molecule has 0 radical (unpaired) electrons. The number of rotatable bonds is 4. The van der Waals surface area contributed by atoms with Crippen molar-refractivity contribution in [3.8, 4) is 0 Å². The van der Waals surface area contributed by atoms with Crippen LogP contribution in [0.25, 0.3) is 0 Å². The molecule has 0 aromatic carbocycles. The Kier molecular flexibility index (Phi) is 3.37. The van der Waals surface area contributed by atoms with Crippen LogP contribution in [0.1, 0.15) is 40.0 Å². The van der Waals surface area contributed by atoms with Crippen LogP contribution in [-0.2, 0) is 9.53 Å². The second kappa shape index (κ2) is 4.00. The van der Waals surface area contributed by atoms with E-state index in [1.54, 1.807) is 6.92 Å². The number of carboxylic acids is 1. The van der Waals surface area contributed by atoms with Gasteiger partial charge in [0.25, 0.3) is 0 Å². The second-order valence-corrected chi connectivity index (χ2v) is 5.94. The average Bonchev–Trinajstić information content (AvgIpc) is 2.42. The van der Waals surface area contributed by atoms with E-state index in [1.807, 2.05) is 0 Å². The van der Waals surface area contributed by atoms with Crippen molar-refractivity contribution in [2.75, 3.05) is 13.7 Å². The molecule has 0 aromatic rings. The third-order valence-corrected chi connectivity index (χ3v) is 3.92. The summed E-state index contributed by atoms with van der Waals surface area (Å²) in [6.45, 7) is 5.72. The molecule has 0 amide bonds. The topological polar surface area (TPSA) is 66.8 Å². The Balaban J connectivity index is 3.00. The predicted molar refractivity (Wildman–Crippen MR) is 60.2 cm³/mol. The Morgan fingerprint density at radius 2 is 2.00 bits per heavy atom. The summed E-state index contributed by atoms with van der Waals surface area (Å²) in [7, 11) is 1.46. The lowest BCUT2D eigenvalue weighted by atomic mass is 9.71. The maximum Gasteiger partial charge on any atom is 0.314 e. The standard InChI is InChI=1S/C12H22O4/c1-10(2)5-6-12(15,7-10)11(3,8-16-4)9(13)14/h15H,5-8H2,1-4H3,(H,13,14). The van der Waals surface area contributed by atoms with Crippen molar-refractivity contribution in [2.24, 2.45) is 10.8 Å². The Morgan fingerprint density at radius 3 is 2.31 bits per heavy atom. The first-order valence-corrected chi connectivity index (χ1v) is 5.62. The summed E-state index contributed by atoms with van der Waals surface area (Å²) in [4.78, 5) is 11.4.